The lowest BCUT2D eigenvalue weighted by Gasteiger charge is -2.20. The fraction of sp³-hybridized carbons (Fsp3) is 0.533. The van der Waals surface area contributed by atoms with Crippen molar-refractivity contribution in [2.75, 3.05) is 26.4 Å². The van der Waals surface area contributed by atoms with Crippen molar-refractivity contribution in [1.82, 2.24) is 0 Å². The van der Waals surface area contributed by atoms with Gasteiger partial charge in [0.1, 0.15) is 5.54 Å². The van der Waals surface area contributed by atoms with Crippen LogP contribution in [0.3, 0.4) is 0 Å². The molecule has 1 aliphatic rings. The van der Waals surface area contributed by atoms with Gasteiger partial charge in [-0.15, -0.1) is 0 Å². The van der Waals surface area contributed by atoms with Crippen molar-refractivity contribution in [3.05, 3.63) is 23.8 Å². The fourth-order valence-electron chi connectivity index (χ4n) is 2.24. The van der Waals surface area contributed by atoms with Gasteiger partial charge in [0, 0.05) is 12.2 Å². The van der Waals surface area contributed by atoms with Gasteiger partial charge in [0.2, 0.25) is 0 Å². The number of nitrogens with two attached hydrogens (primary N) is 1. The topological polar surface area (TPSA) is 70.8 Å². The molecule has 1 atom stereocenters. The van der Waals surface area contributed by atoms with Gasteiger partial charge in [0.05, 0.1) is 19.8 Å². The van der Waals surface area contributed by atoms with Gasteiger partial charge in [-0.3, -0.25) is 4.79 Å². The predicted molar refractivity (Wildman–Crippen MR) is 75.5 cm³/mol. The van der Waals surface area contributed by atoms with Crippen molar-refractivity contribution in [1.29, 1.82) is 0 Å². The lowest BCUT2D eigenvalue weighted by Crippen LogP contribution is -2.48. The van der Waals surface area contributed by atoms with Gasteiger partial charge in [0.15, 0.2) is 17.3 Å². The maximum atomic E-state index is 12.5. The molecule has 1 fully saturated rings. The third-order valence-corrected chi connectivity index (χ3v) is 3.31. The first-order valence-electron chi connectivity index (χ1n) is 6.92. The van der Waals surface area contributed by atoms with Crippen molar-refractivity contribution >= 4 is 5.78 Å². The Balaban J connectivity index is 2.28. The van der Waals surface area contributed by atoms with E-state index in [1.165, 1.54) is 0 Å². The summed E-state index contributed by atoms with van der Waals surface area (Å²) in [5, 5.41) is 0. The minimum atomic E-state index is -0.920. The van der Waals surface area contributed by atoms with Gasteiger partial charge in [-0.2, -0.15) is 0 Å². The Labute approximate surface area is 119 Å². The van der Waals surface area contributed by atoms with Gasteiger partial charge in [-0.05, 0) is 38.5 Å². The van der Waals surface area contributed by atoms with Gasteiger partial charge < -0.3 is 19.9 Å². The number of benzene rings is 1. The Kier molecular flexibility index (Phi) is 4.62. The maximum absolute atomic E-state index is 12.5. The van der Waals surface area contributed by atoms with E-state index in [1.54, 1.807) is 18.2 Å². The molecule has 0 amide bonds. The third kappa shape index (κ3) is 2.94. The summed E-state index contributed by atoms with van der Waals surface area (Å²) in [5.41, 5.74) is 5.72. The highest BCUT2D eigenvalue weighted by Crippen LogP contribution is 2.31. The van der Waals surface area contributed by atoms with Crippen LogP contribution in [0.25, 0.3) is 0 Å². The Morgan fingerprint density at radius 1 is 1.30 bits per heavy atom. The molecule has 5 nitrogen and oxygen atoms in total. The average molecular weight is 279 g/mol. The molecule has 0 spiro atoms. The highest BCUT2D eigenvalue weighted by Gasteiger charge is 2.38. The van der Waals surface area contributed by atoms with Crippen molar-refractivity contribution in [3.63, 3.8) is 0 Å². The van der Waals surface area contributed by atoms with Crippen molar-refractivity contribution in [2.24, 2.45) is 5.73 Å². The van der Waals surface area contributed by atoms with Crippen molar-refractivity contribution in [3.8, 4) is 11.5 Å². The summed E-state index contributed by atoms with van der Waals surface area (Å²) in [7, 11) is 0. The fourth-order valence-corrected chi connectivity index (χ4v) is 2.24. The van der Waals surface area contributed by atoms with Crippen LogP contribution in [0.1, 0.15) is 30.6 Å². The average Bonchev–Trinajstić information content (AvgIpc) is 2.89. The van der Waals surface area contributed by atoms with Crippen LogP contribution in [0.5, 0.6) is 11.5 Å². The predicted octanol–water partition coefficient (Wildman–Crippen LogP) is 1.78. The van der Waals surface area contributed by atoms with Gasteiger partial charge in [0.25, 0.3) is 0 Å². The minimum Gasteiger partial charge on any atom is -0.490 e. The van der Waals surface area contributed by atoms with E-state index in [-0.39, 0.29) is 12.4 Å². The first-order valence-corrected chi connectivity index (χ1v) is 6.92. The molecule has 0 radical (unpaired) electrons. The second-order valence-corrected chi connectivity index (χ2v) is 4.82. The zero-order chi connectivity index (χ0) is 14.6. The molecule has 1 aromatic rings. The van der Waals surface area contributed by atoms with E-state index < -0.39 is 5.54 Å². The highest BCUT2D eigenvalue weighted by atomic mass is 16.5. The largest absolute Gasteiger partial charge is 0.490 e. The van der Waals surface area contributed by atoms with Crippen LogP contribution in [0, 0.1) is 0 Å². The molecule has 1 saturated heterocycles. The zero-order valence-electron chi connectivity index (χ0n) is 12.0. The van der Waals surface area contributed by atoms with E-state index in [9.17, 15) is 4.79 Å². The lowest BCUT2D eigenvalue weighted by atomic mass is 9.89. The van der Waals surface area contributed by atoms with Gasteiger partial charge in [-0.25, -0.2) is 0 Å². The van der Waals surface area contributed by atoms with E-state index in [4.69, 9.17) is 19.9 Å². The second kappa shape index (κ2) is 6.24. The van der Waals surface area contributed by atoms with Crippen LogP contribution in [-0.4, -0.2) is 37.7 Å². The van der Waals surface area contributed by atoms with Crippen LogP contribution in [0.2, 0.25) is 0 Å². The van der Waals surface area contributed by atoms with Crippen LogP contribution in [-0.2, 0) is 4.74 Å². The molecule has 0 bridgehead atoms. The highest BCUT2D eigenvalue weighted by molar-refractivity contribution is 6.03. The Morgan fingerprint density at radius 2 is 2.00 bits per heavy atom. The Morgan fingerprint density at radius 3 is 2.60 bits per heavy atom. The molecular formula is C15H21NO4. The molecule has 1 aromatic carbocycles. The summed E-state index contributed by atoms with van der Waals surface area (Å²) in [4.78, 5) is 12.5. The normalized spacial score (nSPS) is 21.8. The van der Waals surface area contributed by atoms with Crippen LogP contribution in [0.15, 0.2) is 18.2 Å². The quantitative estimate of drug-likeness (QED) is 0.804. The number of carbonyl (C=O) groups excluding carboxylic acids is 1. The molecular weight excluding hydrogens is 258 g/mol. The van der Waals surface area contributed by atoms with Gasteiger partial charge >= 0.3 is 0 Å². The van der Waals surface area contributed by atoms with Crippen LogP contribution in [0.4, 0.5) is 0 Å². The van der Waals surface area contributed by atoms with Crippen LogP contribution < -0.4 is 15.2 Å². The number of ketones is 1. The number of rotatable bonds is 6. The number of ether oxygens (including phenoxy) is 3. The van der Waals surface area contributed by atoms with E-state index >= 15 is 0 Å². The van der Waals surface area contributed by atoms with E-state index in [1.807, 2.05) is 13.8 Å². The maximum Gasteiger partial charge on any atom is 0.185 e. The molecule has 5 heteroatoms. The van der Waals surface area contributed by atoms with Crippen LogP contribution >= 0.6 is 0 Å². The molecule has 20 heavy (non-hydrogen) atoms. The summed E-state index contributed by atoms with van der Waals surface area (Å²) >= 11 is 0. The number of hydrogen-bond donors (Lipinski definition) is 1. The summed E-state index contributed by atoms with van der Waals surface area (Å²) in [6.07, 6.45) is 0.545. The smallest absolute Gasteiger partial charge is 0.185 e. The molecule has 0 saturated carbocycles. The van der Waals surface area contributed by atoms with E-state index in [2.05, 4.69) is 0 Å². The summed E-state index contributed by atoms with van der Waals surface area (Å²) in [5.74, 6) is 1.10. The number of Topliss-reactive ketones (excluding diaryl/α,β-unsaturated/α-hetero) is 1. The molecule has 2 N–H and O–H groups in total. The monoisotopic (exact) mass is 279 g/mol. The minimum absolute atomic E-state index is 0.112. The zero-order valence-corrected chi connectivity index (χ0v) is 12.0. The first kappa shape index (κ1) is 14.8. The van der Waals surface area contributed by atoms with Crippen molar-refractivity contribution < 1.29 is 19.0 Å². The molecule has 0 aliphatic carbocycles. The standard InChI is InChI=1S/C15H21NO4/c1-3-19-12-6-5-11(9-13(12)20-4-2)14(17)15(16)7-8-18-10-15/h5-6,9H,3-4,7-8,10,16H2,1-2H3. The van der Waals surface area contributed by atoms with E-state index in [0.29, 0.717) is 43.3 Å². The summed E-state index contributed by atoms with van der Waals surface area (Å²) < 4.78 is 16.3. The molecule has 1 aliphatic heterocycles. The first-order chi connectivity index (χ1) is 9.60. The van der Waals surface area contributed by atoms with E-state index in [0.717, 1.165) is 0 Å². The Hall–Kier alpha value is -1.59. The third-order valence-electron chi connectivity index (χ3n) is 3.31. The summed E-state index contributed by atoms with van der Waals surface area (Å²) in [6.45, 7) is 5.64. The lowest BCUT2D eigenvalue weighted by molar-refractivity contribution is 0.0862. The molecule has 0 aromatic heterocycles. The molecule has 1 heterocycles. The van der Waals surface area contributed by atoms with Gasteiger partial charge in [-0.1, -0.05) is 0 Å². The summed E-state index contributed by atoms with van der Waals surface area (Å²) in [6, 6.07) is 5.17. The second-order valence-electron chi connectivity index (χ2n) is 4.82. The molecule has 1 unspecified atom stereocenters. The molecule has 110 valence electrons. The number of carbonyl (C=O) groups is 1. The molecule has 2 rings (SSSR count). The van der Waals surface area contributed by atoms with Crippen molar-refractivity contribution in [2.45, 2.75) is 25.8 Å². The Bertz CT molecular complexity index is 481. The SMILES string of the molecule is CCOc1ccc(C(=O)C2(N)CCOC2)cc1OCC. The number of hydrogen-bond acceptors (Lipinski definition) is 5.